The number of benzene rings is 1. The summed E-state index contributed by atoms with van der Waals surface area (Å²) in [5.74, 6) is 0. The predicted octanol–water partition coefficient (Wildman–Crippen LogP) is 2.64. The van der Waals surface area contributed by atoms with Crippen LogP contribution in [-0.4, -0.2) is 42.6 Å². The molecule has 2 aliphatic heterocycles. The predicted molar refractivity (Wildman–Crippen MR) is 74.8 cm³/mol. The van der Waals surface area contributed by atoms with E-state index in [1.807, 2.05) is 37.0 Å². The van der Waals surface area contributed by atoms with Gasteiger partial charge in [-0.1, -0.05) is 18.2 Å². The molecule has 18 heavy (non-hydrogen) atoms. The van der Waals surface area contributed by atoms with E-state index in [2.05, 4.69) is 21.5 Å². The Labute approximate surface area is 109 Å². The van der Waals surface area contributed by atoms with E-state index in [4.69, 9.17) is 0 Å². The van der Waals surface area contributed by atoms with Gasteiger partial charge < -0.3 is 0 Å². The van der Waals surface area contributed by atoms with Gasteiger partial charge >= 0.3 is 7.59 Å². The van der Waals surface area contributed by atoms with Gasteiger partial charge in [-0.2, -0.15) is 0 Å². The number of nitrogens with zero attached hydrogens (tertiary/aromatic N) is 3. The molecule has 0 spiro atoms. The highest BCUT2D eigenvalue weighted by atomic mass is 31.2. The van der Waals surface area contributed by atoms with Crippen molar-refractivity contribution in [1.82, 2.24) is 9.34 Å². The van der Waals surface area contributed by atoms with E-state index >= 15 is 0 Å². The Balaban J connectivity index is 2.02. The number of para-hydroxylation sites is 1. The number of anilines is 1. The number of rotatable bonds is 2. The van der Waals surface area contributed by atoms with Crippen LogP contribution in [0.15, 0.2) is 30.3 Å². The van der Waals surface area contributed by atoms with Crippen LogP contribution in [-0.2, 0) is 4.57 Å². The topological polar surface area (TPSA) is 26.8 Å². The van der Waals surface area contributed by atoms with Crippen LogP contribution in [0, 0.1) is 0 Å². The van der Waals surface area contributed by atoms with Crippen molar-refractivity contribution in [2.24, 2.45) is 0 Å². The average Bonchev–Trinajstić information content (AvgIpc) is 2.93. The van der Waals surface area contributed by atoms with Crippen LogP contribution in [0.25, 0.3) is 0 Å². The summed E-state index contributed by atoms with van der Waals surface area (Å²) in [6.07, 6.45) is 2.34. The molecule has 2 atom stereocenters. The summed E-state index contributed by atoms with van der Waals surface area (Å²) in [7, 11) is 1.28. The molecule has 0 amide bonds. The fourth-order valence-electron chi connectivity index (χ4n) is 3.10. The maximum Gasteiger partial charge on any atom is 0.310 e. The van der Waals surface area contributed by atoms with Crippen molar-refractivity contribution in [2.45, 2.75) is 18.9 Å². The lowest BCUT2D eigenvalue weighted by Gasteiger charge is -2.35. The first-order valence-corrected chi connectivity index (χ1v) is 8.08. The Morgan fingerprint density at radius 1 is 1.28 bits per heavy atom. The largest absolute Gasteiger partial charge is 0.310 e. The van der Waals surface area contributed by atoms with Gasteiger partial charge in [0.2, 0.25) is 0 Å². The summed E-state index contributed by atoms with van der Waals surface area (Å²) >= 11 is 0. The lowest BCUT2D eigenvalue weighted by Crippen LogP contribution is -2.28. The Bertz CT molecular complexity index is 476. The molecule has 1 aromatic carbocycles. The van der Waals surface area contributed by atoms with Crippen molar-refractivity contribution < 1.29 is 4.57 Å². The zero-order chi connectivity index (χ0) is 12.8. The van der Waals surface area contributed by atoms with Crippen LogP contribution in [0.5, 0.6) is 0 Å². The minimum Gasteiger partial charge on any atom is -0.297 e. The zero-order valence-corrected chi connectivity index (χ0v) is 11.9. The number of fused-ring (bicyclic) bond motifs is 1. The monoisotopic (exact) mass is 265 g/mol. The third-order valence-corrected chi connectivity index (χ3v) is 7.22. The van der Waals surface area contributed by atoms with Gasteiger partial charge in [0.25, 0.3) is 0 Å². The SMILES string of the molecule is CN(C)P1(=O)N(c2ccccc2)C[C@@H]2CCCN21. The number of hydrogen-bond donors (Lipinski definition) is 0. The summed E-state index contributed by atoms with van der Waals surface area (Å²) in [5.41, 5.74) is 1.07. The van der Waals surface area contributed by atoms with Gasteiger partial charge in [0.05, 0.1) is 0 Å². The summed E-state index contributed by atoms with van der Waals surface area (Å²) in [6.45, 7) is 1.85. The van der Waals surface area contributed by atoms with Gasteiger partial charge in [-0.05, 0) is 39.1 Å². The van der Waals surface area contributed by atoms with Crippen molar-refractivity contribution in [3.8, 4) is 0 Å². The summed E-state index contributed by atoms with van der Waals surface area (Å²) in [6, 6.07) is 10.6. The highest BCUT2D eigenvalue weighted by Crippen LogP contribution is 2.63. The van der Waals surface area contributed by atoms with E-state index in [1.165, 1.54) is 12.8 Å². The molecule has 0 N–H and O–H groups in total. The molecule has 2 fully saturated rings. The second-order valence-corrected chi connectivity index (χ2v) is 8.06. The van der Waals surface area contributed by atoms with Crippen molar-refractivity contribution in [2.75, 3.05) is 31.9 Å². The molecule has 2 aliphatic rings. The average molecular weight is 265 g/mol. The second-order valence-electron chi connectivity index (χ2n) is 5.24. The van der Waals surface area contributed by atoms with E-state index in [9.17, 15) is 4.57 Å². The van der Waals surface area contributed by atoms with Gasteiger partial charge in [-0.25, -0.2) is 9.34 Å². The lowest BCUT2D eigenvalue weighted by molar-refractivity contribution is 0.395. The molecular formula is C13H20N3OP. The van der Waals surface area contributed by atoms with E-state index in [0.29, 0.717) is 6.04 Å². The molecule has 1 aromatic rings. The molecule has 3 rings (SSSR count). The third-order valence-electron chi connectivity index (χ3n) is 3.95. The maximum absolute atomic E-state index is 13.4. The molecule has 0 radical (unpaired) electrons. The van der Waals surface area contributed by atoms with Gasteiger partial charge in [-0.3, -0.25) is 9.24 Å². The standard InChI is InChI=1S/C13H20N3OP/c1-14(2)18(17)15-10-6-9-13(15)11-16(18)12-7-4-3-5-8-12/h3-5,7-8,13H,6,9-11H2,1-2H3/t13-,18?/m0/s1. The van der Waals surface area contributed by atoms with Gasteiger partial charge in [-0.15, -0.1) is 0 Å². The summed E-state index contributed by atoms with van der Waals surface area (Å²) in [5, 5.41) is 0. The molecule has 0 aromatic heterocycles. The lowest BCUT2D eigenvalue weighted by atomic mass is 10.2. The third kappa shape index (κ3) is 1.63. The molecular weight excluding hydrogens is 245 g/mol. The Morgan fingerprint density at radius 2 is 2.00 bits per heavy atom. The quantitative estimate of drug-likeness (QED) is 0.768. The van der Waals surface area contributed by atoms with Crippen molar-refractivity contribution in [3.63, 3.8) is 0 Å². The fourth-order valence-corrected chi connectivity index (χ4v) is 6.12. The van der Waals surface area contributed by atoms with Crippen LogP contribution >= 0.6 is 7.59 Å². The summed E-state index contributed by atoms with van der Waals surface area (Å²) < 4.78 is 19.7. The maximum atomic E-state index is 13.4. The van der Waals surface area contributed by atoms with Crippen LogP contribution in [0.4, 0.5) is 5.69 Å². The smallest absolute Gasteiger partial charge is 0.297 e. The molecule has 0 bridgehead atoms. The normalized spacial score (nSPS) is 32.2. The van der Waals surface area contributed by atoms with Crippen LogP contribution in [0.1, 0.15) is 12.8 Å². The van der Waals surface area contributed by atoms with E-state index in [-0.39, 0.29) is 0 Å². The van der Waals surface area contributed by atoms with Crippen molar-refractivity contribution in [3.05, 3.63) is 30.3 Å². The van der Waals surface area contributed by atoms with Gasteiger partial charge in [0.15, 0.2) is 0 Å². The first-order valence-electron chi connectivity index (χ1n) is 6.52. The van der Waals surface area contributed by atoms with Gasteiger partial charge in [0, 0.05) is 24.8 Å². The van der Waals surface area contributed by atoms with E-state index in [0.717, 1.165) is 18.8 Å². The molecule has 5 heteroatoms. The molecule has 0 saturated carbocycles. The molecule has 2 saturated heterocycles. The van der Waals surface area contributed by atoms with Crippen molar-refractivity contribution in [1.29, 1.82) is 0 Å². The number of hydrogen-bond acceptors (Lipinski definition) is 1. The van der Waals surface area contributed by atoms with E-state index in [1.54, 1.807) is 0 Å². The zero-order valence-electron chi connectivity index (χ0n) is 11.0. The Morgan fingerprint density at radius 3 is 2.67 bits per heavy atom. The molecule has 4 nitrogen and oxygen atoms in total. The highest BCUT2D eigenvalue weighted by molar-refractivity contribution is 7.61. The van der Waals surface area contributed by atoms with Crippen LogP contribution < -0.4 is 4.67 Å². The van der Waals surface area contributed by atoms with Crippen LogP contribution in [0.2, 0.25) is 0 Å². The first kappa shape index (κ1) is 12.2. The first-order chi connectivity index (χ1) is 8.64. The molecule has 0 aliphatic carbocycles. The Hall–Kier alpha value is -0.830. The molecule has 98 valence electrons. The second kappa shape index (κ2) is 4.37. The van der Waals surface area contributed by atoms with Crippen LogP contribution in [0.3, 0.4) is 0 Å². The minimum absolute atomic E-state index is 0.457. The van der Waals surface area contributed by atoms with Gasteiger partial charge in [0.1, 0.15) is 0 Å². The summed E-state index contributed by atoms with van der Waals surface area (Å²) in [4.78, 5) is 0. The highest BCUT2D eigenvalue weighted by Gasteiger charge is 2.52. The van der Waals surface area contributed by atoms with E-state index < -0.39 is 7.59 Å². The molecule has 1 unspecified atom stereocenters. The van der Waals surface area contributed by atoms with Crippen molar-refractivity contribution >= 4 is 13.3 Å². The Kier molecular flexibility index (Phi) is 2.97. The fraction of sp³-hybridized carbons (Fsp3) is 0.538. The molecule has 2 heterocycles. The minimum atomic E-state index is -2.58.